The molecule has 0 saturated carbocycles. The molecule has 3 aromatic heterocycles. The number of nitrogens with zero attached hydrogens (tertiary/aromatic N) is 4. The molecule has 1 aromatic carbocycles. The van der Waals surface area contributed by atoms with E-state index in [1.165, 1.54) is 29.5 Å². The number of aryl methyl sites for hydroxylation is 2. The number of rotatable bonds is 4. The first-order chi connectivity index (χ1) is 12.8. The Morgan fingerprint density at radius 3 is 3.00 bits per heavy atom. The SMILES string of the molecule is O=C(CSc1nnc2sc3ccccc3n12)Nc1nc2c(s1)CCCC2. The zero-order valence-corrected chi connectivity index (χ0v) is 16.2. The highest BCUT2D eigenvalue weighted by molar-refractivity contribution is 7.99. The number of benzene rings is 1. The molecule has 0 radical (unpaired) electrons. The predicted molar refractivity (Wildman–Crippen MR) is 106 cm³/mol. The van der Waals surface area contributed by atoms with Crippen LogP contribution in [0.1, 0.15) is 23.4 Å². The van der Waals surface area contributed by atoms with E-state index in [1.807, 2.05) is 22.6 Å². The van der Waals surface area contributed by atoms with E-state index in [0.717, 1.165) is 44.0 Å². The summed E-state index contributed by atoms with van der Waals surface area (Å²) in [5.41, 5.74) is 2.24. The summed E-state index contributed by atoms with van der Waals surface area (Å²) >= 11 is 4.61. The van der Waals surface area contributed by atoms with E-state index in [9.17, 15) is 4.79 Å². The molecule has 5 rings (SSSR count). The highest BCUT2D eigenvalue weighted by Gasteiger charge is 2.17. The molecule has 0 atom stereocenters. The number of hydrogen-bond donors (Lipinski definition) is 1. The molecule has 0 fully saturated rings. The van der Waals surface area contributed by atoms with E-state index in [2.05, 4.69) is 26.6 Å². The third-order valence-corrected chi connectivity index (χ3v) is 7.35. The minimum absolute atomic E-state index is 0.0580. The third kappa shape index (κ3) is 2.89. The van der Waals surface area contributed by atoms with Crippen LogP contribution < -0.4 is 5.32 Å². The molecule has 0 unspecified atom stereocenters. The van der Waals surface area contributed by atoms with Crippen LogP contribution >= 0.6 is 34.4 Å². The number of carbonyl (C=O) groups excluding carboxylic acids is 1. The first kappa shape index (κ1) is 16.2. The molecule has 1 aliphatic rings. The van der Waals surface area contributed by atoms with E-state index < -0.39 is 0 Å². The van der Waals surface area contributed by atoms with E-state index in [0.29, 0.717) is 0 Å². The van der Waals surface area contributed by atoms with Crippen molar-refractivity contribution in [3.63, 3.8) is 0 Å². The largest absolute Gasteiger partial charge is 0.301 e. The van der Waals surface area contributed by atoms with Gasteiger partial charge in [-0.15, -0.1) is 21.5 Å². The number of thiazole rings is 2. The van der Waals surface area contributed by atoms with Crippen LogP contribution in [0.5, 0.6) is 0 Å². The number of amides is 1. The quantitative estimate of drug-likeness (QED) is 0.523. The van der Waals surface area contributed by atoms with E-state index >= 15 is 0 Å². The second kappa shape index (κ2) is 6.64. The van der Waals surface area contributed by atoms with Crippen LogP contribution in [0.15, 0.2) is 29.4 Å². The fourth-order valence-electron chi connectivity index (χ4n) is 3.14. The zero-order valence-electron chi connectivity index (χ0n) is 13.8. The minimum atomic E-state index is -0.0580. The number of para-hydroxylation sites is 1. The number of anilines is 1. The van der Waals surface area contributed by atoms with Crippen LogP contribution in [-0.4, -0.2) is 31.2 Å². The molecule has 132 valence electrons. The van der Waals surface area contributed by atoms with Gasteiger partial charge in [-0.05, 0) is 37.8 Å². The average molecular weight is 402 g/mol. The second-order valence-electron chi connectivity index (χ2n) is 6.10. The van der Waals surface area contributed by atoms with Gasteiger partial charge in [0.2, 0.25) is 10.9 Å². The predicted octanol–water partition coefficient (Wildman–Crippen LogP) is 4.01. The monoisotopic (exact) mass is 401 g/mol. The van der Waals surface area contributed by atoms with Gasteiger partial charge < -0.3 is 5.32 Å². The molecule has 3 heterocycles. The maximum atomic E-state index is 12.3. The van der Waals surface area contributed by atoms with Gasteiger partial charge in [0.05, 0.1) is 21.7 Å². The van der Waals surface area contributed by atoms with Crippen molar-refractivity contribution in [1.82, 2.24) is 19.6 Å². The third-order valence-electron chi connectivity index (χ3n) is 4.34. The van der Waals surface area contributed by atoms with Crippen molar-refractivity contribution in [3.8, 4) is 0 Å². The van der Waals surface area contributed by atoms with Crippen molar-refractivity contribution in [1.29, 1.82) is 0 Å². The first-order valence-corrected chi connectivity index (χ1v) is 11.0. The number of carbonyl (C=O) groups is 1. The lowest BCUT2D eigenvalue weighted by molar-refractivity contribution is -0.113. The highest BCUT2D eigenvalue weighted by atomic mass is 32.2. The Bertz CT molecular complexity index is 1090. The van der Waals surface area contributed by atoms with Gasteiger partial charge in [-0.3, -0.25) is 9.20 Å². The van der Waals surface area contributed by atoms with Gasteiger partial charge in [0.25, 0.3) is 0 Å². The summed E-state index contributed by atoms with van der Waals surface area (Å²) < 4.78 is 3.18. The Kier molecular flexibility index (Phi) is 4.14. The van der Waals surface area contributed by atoms with Crippen molar-refractivity contribution in [2.75, 3.05) is 11.1 Å². The van der Waals surface area contributed by atoms with Gasteiger partial charge >= 0.3 is 0 Å². The Labute approximate surface area is 161 Å². The lowest BCUT2D eigenvalue weighted by Gasteiger charge is -2.06. The Morgan fingerprint density at radius 1 is 1.19 bits per heavy atom. The van der Waals surface area contributed by atoms with Crippen LogP contribution in [0.4, 0.5) is 5.13 Å². The smallest absolute Gasteiger partial charge is 0.236 e. The minimum Gasteiger partial charge on any atom is -0.301 e. The van der Waals surface area contributed by atoms with Gasteiger partial charge in [0.1, 0.15) is 0 Å². The lowest BCUT2D eigenvalue weighted by Crippen LogP contribution is -2.14. The van der Waals surface area contributed by atoms with Crippen LogP contribution in [0, 0.1) is 0 Å². The van der Waals surface area contributed by atoms with Crippen molar-refractivity contribution in [2.45, 2.75) is 30.8 Å². The van der Waals surface area contributed by atoms with Crippen LogP contribution in [0.3, 0.4) is 0 Å². The molecule has 0 spiro atoms. The summed E-state index contributed by atoms with van der Waals surface area (Å²) in [5, 5.41) is 12.9. The van der Waals surface area contributed by atoms with Crippen molar-refractivity contribution in [3.05, 3.63) is 34.8 Å². The standard InChI is InChI=1S/C17H15N5OS3/c23-14(19-15-18-10-5-1-3-7-12(10)25-15)9-24-16-20-21-17-22(16)11-6-2-4-8-13(11)26-17/h2,4,6,8H,1,3,5,7,9H2,(H,18,19,23). The van der Waals surface area contributed by atoms with Gasteiger partial charge in [0.15, 0.2) is 10.3 Å². The number of hydrogen-bond acceptors (Lipinski definition) is 7. The molecule has 1 amide bonds. The highest BCUT2D eigenvalue weighted by Crippen LogP contribution is 2.31. The summed E-state index contributed by atoms with van der Waals surface area (Å²) in [6.07, 6.45) is 4.52. The number of nitrogens with one attached hydrogen (secondary N) is 1. The average Bonchev–Trinajstić information content (AvgIpc) is 3.32. The molecule has 26 heavy (non-hydrogen) atoms. The zero-order chi connectivity index (χ0) is 17.5. The van der Waals surface area contributed by atoms with Crippen molar-refractivity contribution in [2.24, 2.45) is 0 Å². The topological polar surface area (TPSA) is 72.2 Å². The number of thioether (sulfide) groups is 1. The fraction of sp³-hybridized carbons (Fsp3) is 0.294. The normalized spacial score (nSPS) is 14.0. The molecule has 1 aliphatic carbocycles. The summed E-state index contributed by atoms with van der Waals surface area (Å²) in [6, 6.07) is 8.13. The maximum absolute atomic E-state index is 12.3. The van der Waals surface area contributed by atoms with Gasteiger partial charge in [-0.2, -0.15) is 0 Å². The molecule has 4 aromatic rings. The van der Waals surface area contributed by atoms with Crippen LogP contribution in [0.2, 0.25) is 0 Å². The molecule has 0 bridgehead atoms. The molecule has 0 saturated heterocycles. The second-order valence-corrected chi connectivity index (χ2v) is 9.14. The Morgan fingerprint density at radius 2 is 2.08 bits per heavy atom. The number of fused-ring (bicyclic) bond motifs is 4. The Hall–Kier alpha value is -1.97. The van der Waals surface area contributed by atoms with E-state index in [-0.39, 0.29) is 11.7 Å². The summed E-state index contributed by atoms with van der Waals surface area (Å²) in [4.78, 5) is 19.1. The van der Waals surface area contributed by atoms with Gasteiger partial charge in [0, 0.05) is 4.88 Å². The summed E-state index contributed by atoms with van der Waals surface area (Å²) in [5.74, 6) is 0.229. The van der Waals surface area contributed by atoms with Crippen LogP contribution in [-0.2, 0) is 17.6 Å². The van der Waals surface area contributed by atoms with Crippen molar-refractivity contribution < 1.29 is 4.79 Å². The molecule has 0 aliphatic heterocycles. The van der Waals surface area contributed by atoms with E-state index in [4.69, 9.17) is 0 Å². The molecule has 6 nitrogen and oxygen atoms in total. The fourth-order valence-corrected chi connectivity index (χ4v) is 5.97. The summed E-state index contributed by atoms with van der Waals surface area (Å²) in [7, 11) is 0. The van der Waals surface area contributed by atoms with Crippen molar-refractivity contribution >= 4 is 60.7 Å². The van der Waals surface area contributed by atoms with Gasteiger partial charge in [-0.1, -0.05) is 35.2 Å². The van der Waals surface area contributed by atoms with E-state index in [1.54, 1.807) is 22.7 Å². The first-order valence-electron chi connectivity index (χ1n) is 8.42. The Balaban J connectivity index is 1.30. The maximum Gasteiger partial charge on any atom is 0.236 e. The summed E-state index contributed by atoms with van der Waals surface area (Å²) in [6.45, 7) is 0. The lowest BCUT2D eigenvalue weighted by atomic mass is 10.0. The number of aromatic nitrogens is 4. The van der Waals surface area contributed by atoms with Crippen LogP contribution in [0.25, 0.3) is 15.2 Å². The molecular weight excluding hydrogens is 386 g/mol. The molecular formula is C17H15N5OS3. The molecule has 1 N–H and O–H groups in total. The van der Waals surface area contributed by atoms with Gasteiger partial charge in [-0.25, -0.2) is 4.98 Å². The molecule has 9 heteroatoms.